The van der Waals surface area contributed by atoms with Gasteiger partial charge in [0.1, 0.15) is 6.54 Å². The van der Waals surface area contributed by atoms with Gasteiger partial charge in [-0.15, -0.1) is 0 Å². The van der Waals surface area contributed by atoms with Gasteiger partial charge >= 0.3 is 0 Å². The van der Waals surface area contributed by atoms with Crippen molar-refractivity contribution in [2.75, 3.05) is 25.6 Å². The summed E-state index contributed by atoms with van der Waals surface area (Å²) in [6.07, 6.45) is 1.59. The molecule has 0 aromatic heterocycles. The smallest absolute Gasteiger partial charge is 0.294 e. The molecule has 1 heterocycles. The van der Waals surface area contributed by atoms with Gasteiger partial charge in [-0.2, -0.15) is 0 Å². The van der Waals surface area contributed by atoms with Gasteiger partial charge in [-0.1, -0.05) is 17.7 Å². The first kappa shape index (κ1) is 22.9. The second kappa shape index (κ2) is 10.0. The van der Waals surface area contributed by atoms with Crippen molar-refractivity contribution in [1.82, 2.24) is 4.90 Å². The molecule has 0 radical (unpaired) electrons. The highest BCUT2D eigenvalue weighted by Gasteiger charge is 2.36. The third-order valence-corrected chi connectivity index (χ3v) is 5.84. The van der Waals surface area contributed by atoms with E-state index in [9.17, 15) is 14.4 Å². The topological polar surface area (TPSA) is 84.9 Å². The molecule has 2 aromatic carbocycles. The molecule has 9 heteroatoms. The number of halogens is 1. The Hall–Kier alpha value is -2.78. The van der Waals surface area contributed by atoms with E-state index in [-0.39, 0.29) is 11.4 Å². The number of hydrogen-bond acceptors (Lipinski definition) is 6. The molecule has 1 aliphatic heterocycles. The van der Waals surface area contributed by atoms with Crippen LogP contribution >= 0.6 is 27.7 Å². The Balaban J connectivity index is 1.75. The number of methoxy groups -OCH3 is 1. The molecule has 162 valence electrons. The molecule has 3 rings (SSSR count). The standard InChI is InChI=1S/C22H21BrN2O5S/c1-4-30-17-10-14(9-16(23)20(17)29-3)11-18-21(27)25(22(28)31-18)12-19(26)24-15-7-5-13(2)6-8-15/h5-11H,4,12H2,1-3H3,(H,24,26)/b18-11+. The lowest BCUT2D eigenvalue weighted by Crippen LogP contribution is -2.36. The lowest BCUT2D eigenvalue weighted by molar-refractivity contribution is -0.127. The van der Waals surface area contributed by atoms with Gasteiger partial charge in [-0.3, -0.25) is 19.3 Å². The fraction of sp³-hybridized carbons (Fsp3) is 0.227. The Kier molecular flexibility index (Phi) is 7.40. The molecule has 0 unspecified atom stereocenters. The van der Waals surface area contributed by atoms with Gasteiger partial charge in [0.05, 0.1) is 23.1 Å². The zero-order chi connectivity index (χ0) is 22.5. The van der Waals surface area contributed by atoms with Crippen molar-refractivity contribution in [3.05, 3.63) is 56.9 Å². The van der Waals surface area contributed by atoms with Crippen LogP contribution in [0.1, 0.15) is 18.1 Å². The molecule has 1 saturated heterocycles. The highest BCUT2D eigenvalue weighted by molar-refractivity contribution is 9.10. The van der Waals surface area contributed by atoms with Gasteiger partial charge in [0.15, 0.2) is 11.5 Å². The molecule has 7 nitrogen and oxygen atoms in total. The molecule has 0 aliphatic carbocycles. The number of anilines is 1. The van der Waals surface area contributed by atoms with Crippen molar-refractivity contribution in [3.63, 3.8) is 0 Å². The third kappa shape index (κ3) is 5.48. The van der Waals surface area contributed by atoms with E-state index in [1.807, 2.05) is 26.0 Å². The van der Waals surface area contributed by atoms with Gasteiger partial charge in [0.25, 0.3) is 11.1 Å². The first-order valence-electron chi connectivity index (χ1n) is 9.44. The number of thioether (sulfide) groups is 1. The van der Waals surface area contributed by atoms with Crippen LogP contribution in [0.2, 0.25) is 0 Å². The minimum atomic E-state index is -0.515. The minimum Gasteiger partial charge on any atom is -0.492 e. The molecule has 1 N–H and O–H groups in total. The average molecular weight is 505 g/mol. The monoisotopic (exact) mass is 504 g/mol. The maximum absolute atomic E-state index is 12.7. The van der Waals surface area contributed by atoms with Crippen LogP contribution in [0.25, 0.3) is 6.08 Å². The molecule has 1 fully saturated rings. The SMILES string of the molecule is CCOc1cc(/C=C2/SC(=O)N(CC(=O)Nc3ccc(C)cc3)C2=O)cc(Br)c1OC. The zero-order valence-corrected chi connectivity index (χ0v) is 19.6. The molecule has 31 heavy (non-hydrogen) atoms. The highest BCUT2D eigenvalue weighted by Crippen LogP contribution is 2.39. The molecule has 3 amide bonds. The number of carbonyl (C=O) groups is 3. The molecular formula is C22H21BrN2O5S. The Labute approximate surface area is 192 Å². The highest BCUT2D eigenvalue weighted by atomic mass is 79.9. The van der Waals surface area contributed by atoms with Crippen LogP contribution in [0.5, 0.6) is 11.5 Å². The summed E-state index contributed by atoms with van der Waals surface area (Å²) in [6.45, 7) is 3.88. The summed E-state index contributed by atoms with van der Waals surface area (Å²) in [7, 11) is 1.54. The zero-order valence-electron chi connectivity index (χ0n) is 17.2. The van der Waals surface area contributed by atoms with Crippen LogP contribution in [0, 0.1) is 6.92 Å². The number of hydrogen-bond donors (Lipinski definition) is 1. The normalized spacial score (nSPS) is 14.8. The molecular weight excluding hydrogens is 484 g/mol. The first-order chi connectivity index (χ1) is 14.8. The van der Waals surface area contributed by atoms with E-state index in [1.165, 1.54) is 7.11 Å². The largest absolute Gasteiger partial charge is 0.492 e. The van der Waals surface area contributed by atoms with Crippen LogP contribution in [-0.4, -0.2) is 42.2 Å². The number of benzene rings is 2. The predicted octanol–water partition coefficient (Wildman–Crippen LogP) is 4.84. The van der Waals surface area contributed by atoms with Crippen molar-refractivity contribution >= 4 is 56.5 Å². The van der Waals surface area contributed by atoms with E-state index in [1.54, 1.807) is 30.3 Å². The fourth-order valence-electron chi connectivity index (χ4n) is 2.90. The van der Waals surface area contributed by atoms with Crippen molar-refractivity contribution in [2.24, 2.45) is 0 Å². The van der Waals surface area contributed by atoms with Gasteiger partial charge in [-0.25, -0.2) is 0 Å². The average Bonchev–Trinajstić information content (AvgIpc) is 2.97. The van der Waals surface area contributed by atoms with Crippen LogP contribution in [-0.2, 0) is 9.59 Å². The summed E-state index contributed by atoms with van der Waals surface area (Å²) in [5.74, 6) is 0.0967. The molecule has 0 spiro atoms. The Morgan fingerprint density at radius 2 is 1.94 bits per heavy atom. The van der Waals surface area contributed by atoms with E-state index in [4.69, 9.17) is 9.47 Å². The molecule has 1 aliphatic rings. The van der Waals surface area contributed by atoms with Gasteiger partial charge in [0.2, 0.25) is 5.91 Å². The second-order valence-corrected chi connectivity index (χ2v) is 8.50. The second-order valence-electron chi connectivity index (χ2n) is 6.65. The Morgan fingerprint density at radius 3 is 2.58 bits per heavy atom. The Bertz CT molecular complexity index is 1050. The lowest BCUT2D eigenvalue weighted by atomic mass is 10.2. The van der Waals surface area contributed by atoms with Gasteiger partial charge < -0.3 is 14.8 Å². The molecule has 2 aromatic rings. The third-order valence-electron chi connectivity index (χ3n) is 4.34. The van der Waals surface area contributed by atoms with E-state index < -0.39 is 17.1 Å². The number of aryl methyl sites for hydroxylation is 1. The number of carbonyl (C=O) groups excluding carboxylic acids is 3. The van der Waals surface area contributed by atoms with E-state index >= 15 is 0 Å². The predicted molar refractivity (Wildman–Crippen MR) is 124 cm³/mol. The van der Waals surface area contributed by atoms with Crippen molar-refractivity contribution in [3.8, 4) is 11.5 Å². The molecule has 0 atom stereocenters. The van der Waals surface area contributed by atoms with E-state index in [2.05, 4.69) is 21.2 Å². The van der Waals surface area contributed by atoms with Crippen molar-refractivity contribution in [1.29, 1.82) is 0 Å². The molecule has 0 saturated carbocycles. The summed E-state index contributed by atoms with van der Waals surface area (Å²) in [6, 6.07) is 10.7. The van der Waals surface area contributed by atoms with Crippen LogP contribution < -0.4 is 14.8 Å². The number of nitrogens with zero attached hydrogens (tertiary/aromatic N) is 1. The summed E-state index contributed by atoms with van der Waals surface area (Å²) < 4.78 is 11.6. The van der Waals surface area contributed by atoms with E-state index in [0.29, 0.717) is 33.8 Å². The summed E-state index contributed by atoms with van der Waals surface area (Å²) in [4.78, 5) is 38.6. The van der Waals surface area contributed by atoms with Gasteiger partial charge in [0, 0.05) is 5.69 Å². The summed E-state index contributed by atoms with van der Waals surface area (Å²) >= 11 is 4.22. The number of nitrogens with one attached hydrogen (secondary N) is 1. The van der Waals surface area contributed by atoms with Crippen molar-refractivity contribution in [2.45, 2.75) is 13.8 Å². The fourth-order valence-corrected chi connectivity index (χ4v) is 4.36. The van der Waals surface area contributed by atoms with Crippen LogP contribution in [0.4, 0.5) is 10.5 Å². The van der Waals surface area contributed by atoms with Crippen molar-refractivity contribution < 1.29 is 23.9 Å². The van der Waals surface area contributed by atoms with Gasteiger partial charge in [-0.05, 0) is 77.4 Å². The quantitative estimate of drug-likeness (QED) is 0.543. The minimum absolute atomic E-state index is 0.229. The summed E-state index contributed by atoms with van der Waals surface area (Å²) in [5.41, 5.74) is 2.32. The summed E-state index contributed by atoms with van der Waals surface area (Å²) in [5, 5.41) is 2.20. The maximum Gasteiger partial charge on any atom is 0.294 e. The van der Waals surface area contributed by atoms with Crippen LogP contribution in [0.15, 0.2) is 45.8 Å². The Morgan fingerprint density at radius 1 is 1.23 bits per heavy atom. The van der Waals surface area contributed by atoms with E-state index in [0.717, 1.165) is 22.2 Å². The first-order valence-corrected chi connectivity index (χ1v) is 11.1. The maximum atomic E-state index is 12.7. The number of amides is 3. The molecule has 0 bridgehead atoms. The number of imide groups is 1. The number of ether oxygens (including phenoxy) is 2. The lowest BCUT2D eigenvalue weighted by Gasteiger charge is -2.13. The van der Waals surface area contributed by atoms with Crippen LogP contribution in [0.3, 0.4) is 0 Å². The number of rotatable bonds is 7.